The maximum absolute atomic E-state index is 13.1. The van der Waals surface area contributed by atoms with Crippen LogP contribution in [0.15, 0.2) is 48.7 Å². The number of hydrogen-bond acceptors (Lipinski definition) is 6. The number of carbonyl (C=O) groups excluding carboxylic acids is 4. The maximum Gasteiger partial charge on any atom is 0.452 e. The van der Waals surface area contributed by atoms with Crippen molar-refractivity contribution in [3.63, 3.8) is 0 Å². The Bertz CT molecular complexity index is 1080. The third-order valence-corrected chi connectivity index (χ3v) is 5.16. The molecule has 0 aliphatic rings. The number of rotatable bonds is 10. The van der Waals surface area contributed by atoms with Crippen molar-refractivity contribution < 1.29 is 37.1 Å². The SMILES string of the molecule is COc1ccc(C(NC(=O)C(C)NC(=O)c2ccccn2)C(=O)NC(C(=O)C(F)(F)F)C(C)C)cc1. The molecule has 1 aromatic heterocycles. The minimum atomic E-state index is -5.16. The van der Waals surface area contributed by atoms with Gasteiger partial charge in [-0.25, -0.2) is 0 Å². The molecule has 9 nitrogen and oxygen atoms in total. The van der Waals surface area contributed by atoms with E-state index in [1.165, 1.54) is 64.4 Å². The van der Waals surface area contributed by atoms with Gasteiger partial charge in [0, 0.05) is 6.20 Å². The van der Waals surface area contributed by atoms with E-state index in [4.69, 9.17) is 4.74 Å². The van der Waals surface area contributed by atoms with Crippen LogP contribution >= 0.6 is 0 Å². The number of halogens is 3. The number of hydrogen-bond donors (Lipinski definition) is 3. The number of benzene rings is 1. The molecule has 1 heterocycles. The van der Waals surface area contributed by atoms with Gasteiger partial charge in [0.15, 0.2) is 0 Å². The van der Waals surface area contributed by atoms with Gasteiger partial charge in [0.25, 0.3) is 11.7 Å². The molecule has 1 aromatic carbocycles. The van der Waals surface area contributed by atoms with Crippen LogP contribution in [0.3, 0.4) is 0 Å². The highest BCUT2D eigenvalue weighted by Crippen LogP contribution is 2.23. The lowest BCUT2D eigenvalue weighted by Gasteiger charge is -2.26. The van der Waals surface area contributed by atoms with Crippen LogP contribution in [-0.4, -0.2) is 53.9 Å². The smallest absolute Gasteiger partial charge is 0.452 e. The molecule has 0 aliphatic heterocycles. The Labute approximate surface area is 205 Å². The molecule has 36 heavy (non-hydrogen) atoms. The van der Waals surface area contributed by atoms with E-state index in [0.717, 1.165) is 0 Å². The first-order valence-electron chi connectivity index (χ1n) is 10.9. The molecule has 194 valence electrons. The van der Waals surface area contributed by atoms with Crippen molar-refractivity contribution in [3.8, 4) is 5.75 Å². The first-order valence-corrected chi connectivity index (χ1v) is 10.9. The van der Waals surface area contributed by atoms with E-state index < -0.39 is 53.7 Å². The zero-order chi connectivity index (χ0) is 27.0. The van der Waals surface area contributed by atoms with E-state index in [-0.39, 0.29) is 11.3 Å². The van der Waals surface area contributed by atoms with Gasteiger partial charge in [0.05, 0.1) is 13.2 Å². The number of Topliss-reactive ketones (excluding diaryl/α,β-unsaturated/α-hetero) is 1. The van der Waals surface area contributed by atoms with Crippen LogP contribution in [0.1, 0.15) is 42.9 Å². The number of aromatic nitrogens is 1. The van der Waals surface area contributed by atoms with E-state index >= 15 is 0 Å². The second kappa shape index (κ2) is 12.1. The molecule has 2 aromatic rings. The molecular weight excluding hydrogens is 481 g/mol. The van der Waals surface area contributed by atoms with E-state index in [1.807, 2.05) is 0 Å². The van der Waals surface area contributed by atoms with Crippen molar-refractivity contribution in [3.05, 3.63) is 59.9 Å². The molecule has 3 amide bonds. The number of ketones is 1. The predicted octanol–water partition coefficient (Wildman–Crippen LogP) is 2.34. The number of amides is 3. The lowest BCUT2D eigenvalue weighted by Crippen LogP contribution is -2.54. The van der Waals surface area contributed by atoms with Gasteiger partial charge < -0.3 is 20.7 Å². The number of methoxy groups -OCH3 is 1. The Hall–Kier alpha value is -3.96. The van der Waals surface area contributed by atoms with Gasteiger partial charge in [-0.2, -0.15) is 13.2 Å². The molecule has 0 saturated heterocycles. The summed E-state index contributed by atoms with van der Waals surface area (Å²) in [5.41, 5.74) is 0.277. The second-order valence-corrected chi connectivity index (χ2v) is 8.22. The Morgan fingerprint density at radius 3 is 2.03 bits per heavy atom. The molecule has 12 heteroatoms. The monoisotopic (exact) mass is 508 g/mol. The fraction of sp³-hybridized carbons (Fsp3) is 0.375. The second-order valence-electron chi connectivity index (χ2n) is 8.22. The number of alkyl halides is 3. The number of nitrogens with zero attached hydrogens (tertiary/aromatic N) is 1. The molecule has 0 bridgehead atoms. The van der Waals surface area contributed by atoms with Crippen LogP contribution in [0, 0.1) is 5.92 Å². The lowest BCUT2D eigenvalue weighted by molar-refractivity contribution is -0.175. The van der Waals surface area contributed by atoms with E-state index in [0.29, 0.717) is 5.75 Å². The number of nitrogens with one attached hydrogen (secondary N) is 3. The molecule has 3 atom stereocenters. The topological polar surface area (TPSA) is 126 Å². The minimum absolute atomic E-state index is 0.0621. The van der Waals surface area contributed by atoms with Gasteiger partial charge >= 0.3 is 6.18 Å². The van der Waals surface area contributed by atoms with E-state index in [1.54, 1.807) is 12.1 Å². The van der Waals surface area contributed by atoms with Gasteiger partial charge in [0.2, 0.25) is 11.8 Å². The first kappa shape index (κ1) is 28.3. The number of pyridine rings is 1. The summed E-state index contributed by atoms with van der Waals surface area (Å²) in [5, 5.41) is 6.98. The molecule has 0 aliphatic carbocycles. The summed E-state index contributed by atoms with van der Waals surface area (Å²) < 4.78 is 44.3. The highest BCUT2D eigenvalue weighted by Gasteiger charge is 2.45. The van der Waals surface area contributed by atoms with Gasteiger partial charge in [-0.3, -0.25) is 24.2 Å². The molecule has 0 radical (unpaired) electrons. The van der Waals surface area contributed by atoms with Crippen LogP contribution in [0.5, 0.6) is 5.75 Å². The van der Waals surface area contributed by atoms with Crippen molar-refractivity contribution in [2.75, 3.05) is 7.11 Å². The quantitative estimate of drug-likeness (QED) is 0.452. The standard InChI is InChI=1S/C24H27F3N4O5/c1-13(2)18(20(32)24(25,26)27)30-23(35)19(15-8-10-16(36-4)11-9-15)31-21(33)14(3)29-22(34)17-7-5-6-12-28-17/h5-14,18-19H,1-4H3,(H,29,34)(H,30,35)(H,31,33). The van der Waals surface area contributed by atoms with Crippen molar-refractivity contribution in [1.29, 1.82) is 0 Å². The average molecular weight is 508 g/mol. The third-order valence-electron chi connectivity index (χ3n) is 5.16. The van der Waals surface area contributed by atoms with Crippen LogP contribution in [0.25, 0.3) is 0 Å². The summed E-state index contributed by atoms with van der Waals surface area (Å²) in [4.78, 5) is 54.0. The van der Waals surface area contributed by atoms with Crippen molar-refractivity contribution in [1.82, 2.24) is 20.9 Å². The van der Waals surface area contributed by atoms with Crippen molar-refractivity contribution >= 4 is 23.5 Å². The molecule has 3 N–H and O–H groups in total. The van der Waals surface area contributed by atoms with Crippen LogP contribution in [-0.2, 0) is 14.4 Å². The summed E-state index contributed by atoms with van der Waals surface area (Å²) in [7, 11) is 1.42. The van der Waals surface area contributed by atoms with Crippen molar-refractivity contribution in [2.45, 2.75) is 45.1 Å². The summed E-state index contributed by atoms with van der Waals surface area (Å²) in [6, 6.07) is 6.04. The van der Waals surface area contributed by atoms with Gasteiger partial charge in [-0.1, -0.05) is 32.0 Å². The summed E-state index contributed by atoms with van der Waals surface area (Å²) in [5.74, 6) is -5.02. The average Bonchev–Trinajstić information content (AvgIpc) is 2.84. The molecule has 0 saturated carbocycles. The van der Waals surface area contributed by atoms with Crippen LogP contribution < -0.4 is 20.7 Å². The van der Waals surface area contributed by atoms with Gasteiger partial charge in [0.1, 0.15) is 23.5 Å². The summed E-state index contributed by atoms with van der Waals surface area (Å²) >= 11 is 0. The number of ether oxygens (including phenoxy) is 1. The zero-order valence-electron chi connectivity index (χ0n) is 20.1. The number of carbonyl (C=O) groups is 4. The Morgan fingerprint density at radius 2 is 1.53 bits per heavy atom. The van der Waals surface area contributed by atoms with Crippen molar-refractivity contribution in [2.24, 2.45) is 5.92 Å². The van der Waals surface area contributed by atoms with Gasteiger partial charge in [-0.05, 0) is 42.7 Å². The molecule has 0 fully saturated rings. The molecule has 3 unspecified atom stereocenters. The molecule has 2 rings (SSSR count). The zero-order valence-corrected chi connectivity index (χ0v) is 20.1. The fourth-order valence-electron chi connectivity index (χ4n) is 3.14. The maximum atomic E-state index is 13.1. The first-order chi connectivity index (χ1) is 16.8. The fourth-order valence-corrected chi connectivity index (χ4v) is 3.14. The minimum Gasteiger partial charge on any atom is -0.497 e. The van der Waals surface area contributed by atoms with E-state index in [9.17, 15) is 32.3 Å². The molecule has 0 spiro atoms. The Kier molecular flexibility index (Phi) is 9.53. The highest BCUT2D eigenvalue weighted by atomic mass is 19.4. The lowest BCUT2D eigenvalue weighted by atomic mass is 9.97. The third kappa shape index (κ3) is 7.52. The largest absolute Gasteiger partial charge is 0.497 e. The van der Waals surface area contributed by atoms with E-state index in [2.05, 4.69) is 20.9 Å². The molecular formula is C24H27F3N4O5. The van der Waals surface area contributed by atoms with Gasteiger partial charge in [-0.15, -0.1) is 0 Å². The summed E-state index contributed by atoms with van der Waals surface area (Å²) in [6.45, 7) is 4.07. The van der Waals surface area contributed by atoms with Crippen LogP contribution in [0.2, 0.25) is 0 Å². The predicted molar refractivity (Wildman–Crippen MR) is 123 cm³/mol. The normalized spacial score (nSPS) is 13.8. The summed E-state index contributed by atoms with van der Waals surface area (Å²) in [6.07, 6.45) is -3.76. The Morgan fingerprint density at radius 1 is 0.889 bits per heavy atom. The Balaban J connectivity index is 2.27. The highest BCUT2D eigenvalue weighted by molar-refractivity contribution is 5.98. The van der Waals surface area contributed by atoms with Crippen LogP contribution in [0.4, 0.5) is 13.2 Å².